The molecule has 1 aliphatic rings. The fourth-order valence-electron chi connectivity index (χ4n) is 2.48. The van der Waals surface area contributed by atoms with Crippen molar-refractivity contribution < 1.29 is 9.59 Å². The van der Waals surface area contributed by atoms with Crippen LogP contribution in [0.4, 0.5) is 0 Å². The Morgan fingerprint density at radius 1 is 1.25 bits per heavy atom. The molecular weight excluding hydrogens is 254 g/mol. The van der Waals surface area contributed by atoms with Crippen LogP contribution in [0.15, 0.2) is 0 Å². The summed E-state index contributed by atoms with van der Waals surface area (Å²) in [6, 6.07) is -0.157. The minimum Gasteiger partial charge on any atom is -0.354 e. The molecule has 0 saturated heterocycles. The summed E-state index contributed by atoms with van der Waals surface area (Å²) in [4.78, 5) is 23.5. The Kier molecular flexibility index (Phi) is 7.59. The molecule has 0 radical (unpaired) electrons. The van der Waals surface area contributed by atoms with Gasteiger partial charge in [0.2, 0.25) is 11.8 Å². The fraction of sp³-hybridized carbons (Fsp3) is 0.867. The van der Waals surface area contributed by atoms with E-state index in [1.807, 2.05) is 13.8 Å². The zero-order chi connectivity index (χ0) is 15.0. The molecule has 2 atom stereocenters. The van der Waals surface area contributed by atoms with Gasteiger partial charge in [-0.3, -0.25) is 9.59 Å². The van der Waals surface area contributed by atoms with Gasteiger partial charge in [-0.05, 0) is 18.8 Å². The van der Waals surface area contributed by atoms with Crippen molar-refractivity contribution in [3.05, 3.63) is 0 Å². The summed E-state index contributed by atoms with van der Waals surface area (Å²) >= 11 is 0. The van der Waals surface area contributed by atoms with Crippen LogP contribution in [0.5, 0.6) is 0 Å². The van der Waals surface area contributed by atoms with Crippen molar-refractivity contribution in [1.29, 1.82) is 0 Å². The van der Waals surface area contributed by atoms with E-state index >= 15 is 0 Å². The highest BCUT2D eigenvalue weighted by atomic mass is 16.2. The average molecular weight is 283 g/mol. The first-order valence-corrected chi connectivity index (χ1v) is 7.87. The zero-order valence-corrected chi connectivity index (χ0v) is 12.8. The molecule has 0 aromatic rings. The number of carbonyl (C=O) groups is 2. The van der Waals surface area contributed by atoms with Crippen LogP contribution in [0, 0.1) is 5.92 Å². The first-order valence-electron chi connectivity index (χ1n) is 7.87. The molecule has 0 aromatic carbocycles. The third-order valence-electron chi connectivity index (χ3n) is 4.18. The van der Waals surface area contributed by atoms with Crippen LogP contribution >= 0.6 is 0 Å². The van der Waals surface area contributed by atoms with Gasteiger partial charge < -0.3 is 16.4 Å². The van der Waals surface area contributed by atoms with E-state index in [-0.39, 0.29) is 17.7 Å². The second-order valence-electron chi connectivity index (χ2n) is 5.85. The number of carbonyl (C=O) groups excluding carboxylic acids is 2. The minimum absolute atomic E-state index is 0.0225. The molecule has 2 amide bonds. The standard InChI is InChI=1S/C15H29N3O2/c1-3-11(2)14(16)15(20)17-10-9-13(19)18-12-7-5-4-6-8-12/h11-12,14H,3-10,16H2,1-2H3,(H,17,20)(H,18,19). The number of nitrogens with two attached hydrogens (primary N) is 1. The number of hydrogen-bond acceptors (Lipinski definition) is 3. The van der Waals surface area contributed by atoms with Gasteiger partial charge in [-0.1, -0.05) is 39.5 Å². The summed E-state index contributed by atoms with van der Waals surface area (Å²) in [6.07, 6.45) is 7.03. The van der Waals surface area contributed by atoms with Crippen LogP contribution in [0.3, 0.4) is 0 Å². The topological polar surface area (TPSA) is 84.2 Å². The van der Waals surface area contributed by atoms with Crippen molar-refractivity contribution in [2.45, 2.75) is 70.9 Å². The van der Waals surface area contributed by atoms with Gasteiger partial charge >= 0.3 is 0 Å². The number of nitrogens with one attached hydrogen (secondary N) is 2. The molecule has 0 bridgehead atoms. The highest BCUT2D eigenvalue weighted by molar-refractivity contribution is 5.82. The lowest BCUT2D eigenvalue weighted by Crippen LogP contribution is -2.45. The Bertz CT molecular complexity index is 314. The normalized spacial score (nSPS) is 19.1. The van der Waals surface area contributed by atoms with Crippen LogP contribution < -0.4 is 16.4 Å². The predicted molar refractivity (Wildman–Crippen MR) is 80.1 cm³/mol. The van der Waals surface area contributed by atoms with E-state index in [0.717, 1.165) is 19.3 Å². The molecule has 1 rings (SSSR count). The molecule has 0 heterocycles. The summed E-state index contributed by atoms with van der Waals surface area (Å²) in [5.41, 5.74) is 5.82. The Morgan fingerprint density at radius 3 is 2.50 bits per heavy atom. The molecule has 2 unspecified atom stereocenters. The zero-order valence-electron chi connectivity index (χ0n) is 12.8. The van der Waals surface area contributed by atoms with Crippen LogP contribution in [-0.2, 0) is 9.59 Å². The highest BCUT2D eigenvalue weighted by Gasteiger charge is 2.19. The summed E-state index contributed by atoms with van der Waals surface area (Å²) in [6.45, 7) is 4.33. The van der Waals surface area contributed by atoms with Crippen molar-refractivity contribution in [3.63, 3.8) is 0 Å². The third kappa shape index (κ3) is 5.90. The predicted octanol–water partition coefficient (Wildman–Crippen LogP) is 1.32. The van der Waals surface area contributed by atoms with Crippen molar-refractivity contribution in [3.8, 4) is 0 Å². The SMILES string of the molecule is CCC(C)C(N)C(=O)NCCC(=O)NC1CCCCC1. The maximum atomic E-state index is 11.8. The number of hydrogen-bond donors (Lipinski definition) is 3. The molecule has 20 heavy (non-hydrogen) atoms. The van der Waals surface area contributed by atoms with Gasteiger partial charge in [-0.2, -0.15) is 0 Å². The van der Waals surface area contributed by atoms with E-state index in [1.54, 1.807) is 0 Å². The summed E-state index contributed by atoms with van der Waals surface area (Å²) < 4.78 is 0. The van der Waals surface area contributed by atoms with E-state index < -0.39 is 6.04 Å². The largest absolute Gasteiger partial charge is 0.354 e. The van der Waals surface area contributed by atoms with Crippen molar-refractivity contribution in [2.24, 2.45) is 11.7 Å². The second-order valence-corrected chi connectivity index (χ2v) is 5.85. The fourth-order valence-corrected chi connectivity index (χ4v) is 2.48. The van der Waals surface area contributed by atoms with Gasteiger partial charge in [0, 0.05) is 19.0 Å². The lowest BCUT2D eigenvalue weighted by atomic mass is 9.95. The monoisotopic (exact) mass is 283 g/mol. The van der Waals surface area contributed by atoms with Crippen LogP contribution in [0.1, 0.15) is 58.8 Å². The average Bonchev–Trinajstić information content (AvgIpc) is 2.46. The Labute approximate surface area is 122 Å². The van der Waals surface area contributed by atoms with E-state index in [0.29, 0.717) is 19.0 Å². The molecule has 0 aromatic heterocycles. The first-order chi connectivity index (χ1) is 9.54. The van der Waals surface area contributed by atoms with Gasteiger partial charge in [0.15, 0.2) is 0 Å². The lowest BCUT2D eigenvalue weighted by Gasteiger charge is -2.23. The quantitative estimate of drug-likeness (QED) is 0.659. The number of amides is 2. The molecule has 0 aliphatic heterocycles. The molecule has 4 N–H and O–H groups in total. The molecule has 5 nitrogen and oxygen atoms in total. The summed E-state index contributed by atoms with van der Waals surface area (Å²) in [7, 11) is 0. The van der Waals surface area contributed by atoms with E-state index in [1.165, 1.54) is 19.3 Å². The van der Waals surface area contributed by atoms with Crippen molar-refractivity contribution in [2.75, 3.05) is 6.54 Å². The van der Waals surface area contributed by atoms with Gasteiger partial charge in [0.1, 0.15) is 0 Å². The highest BCUT2D eigenvalue weighted by Crippen LogP contribution is 2.17. The van der Waals surface area contributed by atoms with E-state index in [4.69, 9.17) is 5.73 Å². The molecule has 5 heteroatoms. The molecule has 1 saturated carbocycles. The Balaban J connectivity index is 2.16. The summed E-state index contributed by atoms with van der Waals surface area (Å²) in [5, 5.41) is 5.78. The Hall–Kier alpha value is -1.10. The molecule has 0 spiro atoms. The molecule has 1 aliphatic carbocycles. The molecule has 116 valence electrons. The maximum absolute atomic E-state index is 11.8. The van der Waals surface area contributed by atoms with E-state index in [9.17, 15) is 9.59 Å². The van der Waals surface area contributed by atoms with Crippen molar-refractivity contribution in [1.82, 2.24) is 10.6 Å². The number of rotatable bonds is 7. The second kappa shape index (κ2) is 8.95. The first kappa shape index (κ1) is 17.0. The summed E-state index contributed by atoms with van der Waals surface area (Å²) in [5.74, 6) is 0.0187. The maximum Gasteiger partial charge on any atom is 0.237 e. The third-order valence-corrected chi connectivity index (χ3v) is 4.18. The van der Waals surface area contributed by atoms with Gasteiger partial charge in [0.25, 0.3) is 0 Å². The van der Waals surface area contributed by atoms with Gasteiger partial charge in [0.05, 0.1) is 6.04 Å². The lowest BCUT2D eigenvalue weighted by molar-refractivity contribution is -0.124. The smallest absolute Gasteiger partial charge is 0.237 e. The van der Waals surface area contributed by atoms with Gasteiger partial charge in [-0.25, -0.2) is 0 Å². The molecular formula is C15H29N3O2. The van der Waals surface area contributed by atoms with Crippen LogP contribution in [0.2, 0.25) is 0 Å². The Morgan fingerprint density at radius 2 is 1.90 bits per heavy atom. The van der Waals surface area contributed by atoms with Crippen molar-refractivity contribution >= 4 is 11.8 Å². The molecule has 1 fully saturated rings. The van der Waals surface area contributed by atoms with Crippen LogP contribution in [0.25, 0.3) is 0 Å². The minimum atomic E-state index is -0.485. The van der Waals surface area contributed by atoms with E-state index in [2.05, 4.69) is 10.6 Å². The van der Waals surface area contributed by atoms with Gasteiger partial charge in [-0.15, -0.1) is 0 Å². The van der Waals surface area contributed by atoms with Crippen LogP contribution in [-0.4, -0.2) is 30.4 Å².